The highest BCUT2D eigenvalue weighted by Crippen LogP contribution is 2.06. The van der Waals surface area contributed by atoms with Crippen LogP contribution in [0.15, 0.2) is 0 Å². The Hall–Kier alpha value is -2.16. The fourth-order valence-electron chi connectivity index (χ4n) is 1.89. The highest BCUT2D eigenvalue weighted by molar-refractivity contribution is 5.92. The number of carboxylic acids is 1. The van der Waals surface area contributed by atoms with Crippen LogP contribution < -0.4 is 22.1 Å². The fourth-order valence-corrected chi connectivity index (χ4v) is 1.89. The van der Waals surface area contributed by atoms with Gasteiger partial charge < -0.3 is 27.2 Å². The Morgan fingerprint density at radius 1 is 0.958 bits per heavy atom. The SMILES string of the molecule is CC(C)[C@H](N)C(=O)N[C@@H](CCC(N)=O)C(=O)N[C@H](C(=O)O)C(C)C. The molecule has 7 N–H and O–H groups in total. The third kappa shape index (κ3) is 7.40. The summed E-state index contributed by atoms with van der Waals surface area (Å²) in [5.41, 5.74) is 10.8. The lowest BCUT2D eigenvalue weighted by Crippen LogP contribution is -2.56. The molecule has 0 aromatic heterocycles. The molecule has 0 saturated carbocycles. The first-order valence-electron chi connectivity index (χ1n) is 7.84. The number of carbonyl (C=O) groups excluding carboxylic acids is 3. The molecule has 0 radical (unpaired) electrons. The molecule has 138 valence electrons. The predicted molar refractivity (Wildman–Crippen MR) is 87.6 cm³/mol. The van der Waals surface area contributed by atoms with Crippen LogP contribution in [0.1, 0.15) is 40.5 Å². The molecule has 24 heavy (non-hydrogen) atoms. The minimum absolute atomic E-state index is 0.0395. The highest BCUT2D eigenvalue weighted by Gasteiger charge is 2.30. The first kappa shape index (κ1) is 21.8. The van der Waals surface area contributed by atoms with E-state index >= 15 is 0 Å². The Bertz CT molecular complexity index is 478. The first-order chi connectivity index (χ1) is 11.0. The van der Waals surface area contributed by atoms with Crippen molar-refractivity contribution in [3.05, 3.63) is 0 Å². The standard InChI is InChI=1S/C15H28N4O5/c1-7(2)11(17)14(22)18-9(5-6-10(16)20)13(21)19-12(8(3)4)15(23)24/h7-9,11-12H,5-6,17H2,1-4H3,(H2,16,20)(H,18,22)(H,19,21)(H,23,24)/t9-,11-,12-/m0/s1. The van der Waals surface area contributed by atoms with Crippen LogP contribution >= 0.6 is 0 Å². The second-order valence-electron chi connectivity index (χ2n) is 6.40. The zero-order chi connectivity index (χ0) is 19.0. The highest BCUT2D eigenvalue weighted by atomic mass is 16.4. The summed E-state index contributed by atoms with van der Waals surface area (Å²) in [5.74, 6) is -3.55. The van der Waals surface area contributed by atoms with Crippen molar-refractivity contribution in [3.63, 3.8) is 0 Å². The van der Waals surface area contributed by atoms with E-state index < -0.39 is 41.8 Å². The molecule has 0 saturated heterocycles. The summed E-state index contributed by atoms with van der Waals surface area (Å²) < 4.78 is 0. The Morgan fingerprint density at radius 3 is 1.88 bits per heavy atom. The van der Waals surface area contributed by atoms with E-state index in [9.17, 15) is 19.2 Å². The monoisotopic (exact) mass is 344 g/mol. The van der Waals surface area contributed by atoms with Crippen LogP contribution in [-0.2, 0) is 19.2 Å². The molecular formula is C15H28N4O5. The molecule has 0 fully saturated rings. The summed E-state index contributed by atoms with van der Waals surface area (Å²) in [6, 6.07) is -3.02. The van der Waals surface area contributed by atoms with Gasteiger partial charge in [-0.25, -0.2) is 4.79 Å². The lowest BCUT2D eigenvalue weighted by molar-refractivity contribution is -0.143. The third-order valence-electron chi connectivity index (χ3n) is 3.56. The third-order valence-corrected chi connectivity index (χ3v) is 3.56. The van der Waals surface area contributed by atoms with E-state index in [1.165, 1.54) is 0 Å². The van der Waals surface area contributed by atoms with Crippen molar-refractivity contribution < 1.29 is 24.3 Å². The number of hydrogen-bond acceptors (Lipinski definition) is 5. The van der Waals surface area contributed by atoms with Crippen LogP contribution in [0.3, 0.4) is 0 Å². The fraction of sp³-hybridized carbons (Fsp3) is 0.733. The van der Waals surface area contributed by atoms with Gasteiger partial charge in [0.1, 0.15) is 12.1 Å². The van der Waals surface area contributed by atoms with E-state index in [1.807, 2.05) is 0 Å². The second kappa shape index (κ2) is 9.86. The van der Waals surface area contributed by atoms with Gasteiger partial charge in [-0.15, -0.1) is 0 Å². The maximum Gasteiger partial charge on any atom is 0.326 e. The van der Waals surface area contributed by atoms with Crippen molar-refractivity contribution in [2.24, 2.45) is 23.3 Å². The van der Waals surface area contributed by atoms with Gasteiger partial charge in [0.2, 0.25) is 17.7 Å². The maximum absolute atomic E-state index is 12.3. The van der Waals surface area contributed by atoms with Gasteiger partial charge in [0.25, 0.3) is 0 Å². The van der Waals surface area contributed by atoms with E-state index in [1.54, 1.807) is 27.7 Å². The zero-order valence-electron chi connectivity index (χ0n) is 14.5. The molecule has 3 atom stereocenters. The quantitative estimate of drug-likeness (QED) is 0.339. The Kier molecular flexibility index (Phi) is 8.97. The van der Waals surface area contributed by atoms with Crippen molar-refractivity contribution in [1.29, 1.82) is 0 Å². The molecule has 0 aromatic rings. The van der Waals surface area contributed by atoms with E-state index in [4.69, 9.17) is 16.6 Å². The molecule has 0 rings (SSSR count). The van der Waals surface area contributed by atoms with Gasteiger partial charge in [0.15, 0.2) is 0 Å². The molecule has 0 bridgehead atoms. The van der Waals surface area contributed by atoms with E-state index in [2.05, 4.69) is 10.6 Å². The Morgan fingerprint density at radius 2 is 1.50 bits per heavy atom. The molecule has 0 aliphatic heterocycles. The number of primary amides is 1. The van der Waals surface area contributed by atoms with Crippen LogP contribution in [-0.4, -0.2) is 46.9 Å². The number of carboxylic acid groups (broad SMARTS) is 1. The van der Waals surface area contributed by atoms with Crippen LogP contribution in [0.2, 0.25) is 0 Å². The summed E-state index contributed by atoms with van der Waals surface area (Å²) in [6.45, 7) is 6.79. The average Bonchev–Trinajstić information content (AvgIpc) is 2.46. The number of nitrogens with one attached hydrogen (secondary N) is 2. The van der Waals surface area contributed by atoms with Gasteiger partial charge in [-0.3, -0.25) is 14.4 Å². The van der Waals surface area contributed by atoms with Gasteiger partial charge in [-0.1, -0.05) is 27.7 Å². The predicted octanol–water partition coefficient (Wildman–Crippen LogP) is -1.05. The molecule has 0 unspecified atom stereocenters. The largest absolute Gasteiger partial charge is 0.480 e. The Labute approximate surface area is 141 Å². The molecular weight excluding hydrogens is 316 g/mol. The normalized spacial score (nSPS) is 14.8. The summed E-state index contributed by atoms with van der Waals surface area (Å²) in [6.07, 6.45) is -0.170. The summed E-state index contributed by atoms with van der Waals surface area (Å²) in [7, 11) is 0. The van der Waals surface area contributed by atoms with Crippen LogP contribution in [0.4, 0.5) is 0 Å². The summed E-state index contributed by atoms with van der Waals surface area (Å²) in [5, 5.41) is 14.0. The molecule has 0 aliphatic carbocycles. The van der Waals surface area contributed by atoms with Crippen molar-refractivity contribution >= 4 is 23.7 Å². The summed E-state index contributed by atoms with van der Waals surface area (Å²) in [4.78, 5) is 46.5. The number of nitrogens with two attached hydrogens (primary N) is 2. The number of carbonyl (C=O) groups is 4. The molecule has 0 aliphatic rings. The Balaban J connectivity index is 5.10. The van der Waals surface area contributed by atoms with E-state index in [0.717, 1.165) is 0 Å². The van der Waals surface area contributed by atoms with Crippen LogP contribution in [0, 0.1) is 11.8 Å². The molecule has 9 heteroatoms. The molecule has 0 spiro atoms. The van der Waals surface area contributed by atoms with Gasteiger partial charge in [0.05, 0.1) is 6.04 Å². The van der Waals surface area contributed by atoms with Gasteiger partial charge in [0, 0.05) is 6.42 Å². The smallest absolute Gasteiger partial charge is 0.326 e. The minimum atomic E-state index is -1.18. The van der Waals surface area contributed by atoms with Crippen molar-refractivity contribution in [2.75, 3.05) is 0 Å². The second-order valence-corrected chi connectivity index (χ2v) is 6.40. The van der Waals surface area contributed by atoms with Crippen molar-refractivity contribution in [1.82, 2.24) is 10.6 Å². The lowest BCUT2D eigenvalue weighted by atomic mass is 10.0. The minimum Gasteiger partial charge on any atom is -0.480 e. The van der Waals surface area contributed by atoms with Crippen molar-refractivity contribution in [3.8, 4) is 0 Å². The molecule has 9 nitrogen and oxygen atoms in total. The molecule has 0 heterocycles. The maximum atomic E-state index is 12.3. The first-order valence-corrected chi connectivity index (χ1v) is 7.84. The van der Waals surface area contributed by atoms with Gasteiger partial charge >= 0.3 is 5.97 Å². The number of aliphatic carboxylic acids is 1. The zero-order valence-corrected chi connectivity index (χ0v) is 14.5. The molecule has 0 aromatic carbocycles. The average molecular weight is 344 g/mol. The lowest BCUT2D eigenvalue weighted by Gasteiger charge is -2.24. The van der Waals surface area contributed by atoms with Crippen molar-refractivity contribution in [2.45, 2.75) is 58.7 Å². The van der Waals surface area contributed by atoms with E-state index in [0.29, 0.717) is 0 Å². The summed E-state index contributed by atoms with van der Waals surface area (Å²) >= 11 is 0. The van der Waals surface area contributed by atoms with Crippen LogP contribution in [0.25, 0.3) is 0 Å². The topological polar surface area (TPSA) is 165 Å². The molecule has 3 amide bonds. The van der Waals surface area contributed by atoms with Crippen LogP contribution in [0.5, 0.6) is 0 Å². The van der Waals surface area contributed by atoms with Gasteiger partial charge in [-0.05, 0) is 18.3 Å². The van der Waals surface area contributed by atoms with Gasteiger partial charge in [-0.2, -0.15) is 0 Å². The number of hydrogen-bond donors (Lipinski definition) is 5. The number of rotatable bonds is 10. The number of amides is 3. The van der Waals surface area contributed by atoms with E-state index in [-0.39, 0.29) is 24.7 Å².